The van der Waals surface area contributed by atoms with E-state index in [-0.39, 0.29) is 5.75 Å². The van der Waals surface area contributed by atoms with Crippen LogP contribution in [0.3, 0.4) is 0 Å². The van der Waals surface area contributed by atoms with Crippen molar-refractivity contribution in [1.29, 1.82) is 0 Å². The number of carbonyl (C=O) groups is 1. The van der Waals surface area contributed by atoms with Crippen LogP contribution >= 0.6 is 0 Å². The molecule has 3 aromatic rings. The molecule has 3 nitrogen and oxygen atoms in total. The molecule has 0 unspecified atom stereocenters. The Labute approximate surface area is 128 Å². The molecule has 0 aromatic heterocycles. The van der Waals surface area contributed by atoms with Gasteiger partial charge in [-0.3, -0.25) is 4.79 Å². The normalized spacial score (nSPS) is 11.5. The summed E-state index contributed by atoms with van der Waals surface area (Å²) >= 11 is 0. The summed E-state index contributed by atoms with van der Waals surface area (Å²) in [6, 6.07) is 20.4. The van der Waals surface area contributed by atoms with E-state index in [1.54, 1.807) is 18.2 Å². The molecule has 0 heterocycles. The Hall–Kier alpha value is -3.07. The smallest absolute Gasteiger partial charge is 0.249 e. The maximum atomic E-state index is 11.7. The molecule has 0 aliphatic rings. The summed E-state index contributed by atoms with van der Waals surface area (Å²) in [7, 11) is 0. The number of phenols is 1. The van der Waals surface area contributed by atoms with Crippen molar-refractivity contribution in [3.05, 3.63) is 77.9 Å². The van der Waals surface area contributed by atoms with Crippen LogP contribution in [0.25, 0.3) is 22.4 Å². The molecule has 0 saturated carbocycles. The van der Waals surface area contributed by atoms with E-state index >= 15 is 0 Å². The van der Waals surface area contributed by atoms with Crippen LogP contribution in [0.15, 0.2) is 66.7 Å². The number of hydrogen-bond acceptors (Lipinski definition) is 2. The Bertz CT molecular complexity index is 864. The van der Waals surface area contributed by atoms with Gasteiger partial charge >= 0.3 is 0 Å². The fraction of sp³-hybridized carbons (Fsp3) is 0. The predicted octanol–water partition coefficient (Wildman–Crippen LogP) is 3.57. The number of amides is 1. The highest BCUT2D eigenvalue weighted by atomic mass is 16.3. The number of nitrogens with two attached hydrogens (primary N) is 1. The van der Waals surface area contributed by atoms with Crippen molar-refractivity contribution >= 4 is 28.3 Å². The van der Waals surface area contributed by atoms with Crippen molar-refractivity contribution in [1.82, 2.24) is 0 Å². The highest BCUT2D eigenvalue weighted by molar-refractivity contribution is 6.23. The van der Waals surface area contributed by atoms with Gasteiger partial charge in [0.15, 0.2) is 0 Å². The number of carbonyl (C=O) groups excluding carboxylic acids is 1. The summed E-state index contributed by atoms with van der Waals surface area (Å²) in [6.45, 7) is 0. The third-order valence-corrected chi connectivity index (χ3v) is 3.53. The molecule has 3 heteroatoms. The molecule has 3 rings (SSSR count). The number of primary amides is 1. The standard InChI is InChI=1S/C19H15NO2/c20-19(22)18(15-7-9-17(21)10-8-15)12-13-5-6-14-3-1-2-4-16(14)11-13/h1-12,21H,(H2,20,22)/b18-12+. The number of benzene rings is 3. The summed E-state index contributed by atoms with van der Waals surface area (Å²) < 4.78 is 0. The molecule has 3 N–H and O–H groups in total. The summed E-state index contributed by atoms with van der Waals surface area (Å²) in [5.74, 6) is -0.350. The first-order valence-corrected chi connectivity index (χ1v) is 6.93. The van der Waals surface area contributed by atoms with Crippen LogP contribution in [0, 0.1) is 0 Å². The number of phenolic OH excluding ortho intramolecular Hbond substituents is 1. The van der Waals surface area contributed by atoms with Gasteiger partial charge in [0.25, 0.3) is 0 Å². The van der Waals surface area contributed by atoms with Crippen LogP contribution in [-0.4, -0.2) is 11.0 Å². The van der Waals surface area contributed by atoms with Gasteiger partial charge in [0.05, 0.1) is 0 Å². The molecule has 0 bridgehead atoms. The molecule has 0 aliphatic heterocycles. The SMILES string of the molecule is NC(=O)/C(=C/c1ccc2ccccc2c1)c1ccc(O)cc1. The van der Waals surface area contributed by atoms with Gasteiger partial charge in [-0.05, 0) is 46.2 Å². The van der Waals surface area contributed by atoms with E-state index in [4.69, 9.17) is 5.73 Å². The Morgan fingerprint density at radius 2 is 1.59 bits per heavy atom. The van der Waals surface area contributed by atoms with Crippen molar-refractivity contribution in [3.63, 3.8) is 0 Å². The largest absolute Gasteiger partial charge is 0.508 e. The fourth-order valence-electron chi connectivity index (χ4n) is 2.40. The molecule has 0 aliphatic carbocycles. The van der Waals surface area contributed by atoms with Crippen molar-refractivity contribution in [3.8, 4) is 5.75 Å². The second kappa shape index (κ2) is 5.74. The molecule has 0 radical (unpaired) electrons. The Morgan fingerprint density at radius 1 is 0.909 bits per heavy atom. The monoisotopic (exact) mass is 289 g/mol. The van der Waals surface area contributed by atoms with Crippen molar-refractivity contribution in [2.45, 2.75) is 0 Å². The van der Waals surface area contributed by atoms with Crippen molar-refractivity contribution < 1.29 is 9.90 Å². The van der Waals surface area contributed by atoms with Gasteiger partial charge in [-0.25, -0.2) is 0 Å². The molecular formula is C19H15NO2. The van der Waals surface area contributed by atoms with Gasteiger partial charge < -0.3 is 10.8 Å². The molecule has 0 fully saturated rings. The first-order chi connectivity index (χ1) is 10.6. The van der Waals surface area contributed by atoms with Gasteiger partial charge in [0.1, 0.15) is 5.75 Å². The minimum absolute atomic E-state index is 0.151. The van der Waals surface area contributed by atoms with Crippen LogP contribution < -0.4 is 5.73 Å². The van der Waals surface area contributed by atoms with Gasteiger partial charge in [-0.2, -0.15) is 0 Å². The van der Waals surface area contributed by atoms with E-state index in [2.05, 4.69) is 0 Å². The number of fused-ring (bicyclic) bond motifs is 1. The number of hydrogen-bond donors (Lipinski definition) is 2. The fourth-order valence-corrected chi connectivity index (χ4v) is 2.40. The maximum absolute atomic E-state index is 11.7. The lowest BCUT2D eigenvalue weighted by Gasteiger charge is -2.05. The van der Waals surface area contributed by atoms with E-state index < -0.39 is 5.91 Å². The quantitative estimate of drug-likeness (QED) is 0.572. The summed E-state index contributed by atoms with van der Waals surface area (Å²) in [5.41, 5.74) is 7.49. The average Bonchev–Trinajstić information content (AvgIpc) is 2.53. The predicted molar refractivity (Wildman–Crippen MR) is 89.1 cm³/mol. The van der Waals surface area contributed by atoms with Gasteiger partial charge in [-0.1, -0.05) is 48.5 Å². The molecule has 3 aromatic carbocycles. The lowest BCUT2D eigenvalue weighted by molar-refractivity contribution is -0.112. The first kappa shape index (κ1) is 13.9. The zero-order valence-corrected chi connectivity index (χ0v) is 11.9. The lowest BCUT2D eigenvalue weighted by atomic mass is 10.0. The third-order valence-electron chi connectivity index (χ3n) is 3.53. The minimum atomic E-state index is -0.501. The van der Waals surface area contributed by atoms with E-state index in [0.29, 0.717) is 11.1 Å². The maximum Gasteiger partial charge on any atom is 0.249 e. The van der Waals surface area contributed by atoms with E-state index in [9.17, 15) is 9.90 Å². The molecule has 108 valence electrons. The highest BCUT2D eigenvalue weighted by Crippen LogP contribution is 2.23. The topological polar surface area (TPSA) is 63.3 Å². The molecule has 22 heavy (non-hydrogen) atoms. The highest BCUT2D eigenvalue weighted by Gasteiger charge is 2.08. The number of rotatable bonds is 3. The van der Waals surface area contributed by atoms with Crippen LogP contribution in [0.2, 0.25) is 0 Å². The second-order valence-corrected chi connectivity index (χ2v) is 5.08. The first-order valence-electron chi connectivity index (χ1n) is 6.93. The zero-order valence-electron chi connectivity index (χ0n) is 11.9. The van der Waals surface area contributed by atoms with Crippen molar-refractivity contribution in [2.75, 3.05) is 0 Å². The van der Waals surface area contributed by atoms with Gasteiger partial charge in [-0.15, -0.1) is 0 Å². The second-order valence-electron chi connectivity index (χ2n) is 5.08. The van der Waals surface area contributed by atoms with Gasteiger partial charge in [0.2, 0.25) is 5.91 Å². The van der Waals surface area contributed by atoms with Gasteiger partial charge in [0, 0.05) is 5.57 Å². The van der Waals surface area contributed by atoms with Crippen molar-refractivity contribution in [2.24, 2.45) is 5.73 Å². The van der Waals surface area contributed by atoms with Crippen LogP contribution in [0.5, 0.6) is 5.75 Å². The average molecular weight is 289 g/mol. The summed E-state index contributed by atoms with van der Waals surface area (Å²) in [5, 5.41) is 11.6. The number of aromatic hydroxyl groups is 1. The van der Waals surface area contributed by atoms with Crippen LogP contribution in [0.1, 0.15) is 11.1 Å². The molecule has 0 saturated heterocycles. The lowest BCUT2D eigenvalue weighted by Crippen LogP contribution is -2.12. The van der Waals surface area contributed by atoms with E-state index in [0.717, 1.165) is 16.3 Å². The van der Waals surface area contributed by atoms with E-state index in [1.807, 2.05) is 42.5 Å². The zero-order chi connectivity index (χ0) is 15.5. The Kier molecular flexibility index (Phi) is 3.62. The van der Waals surface area contributed by atoms with Crippen LogP contribution in [0.4, 0.5) is 0 Å². The van der Waals surface area contributed by atoms with Crippen LogP contribution in [-0.2, 0) is 4.79 Å². The molecule has 0 spiro atoms. The molecule has 0 atom stereocenters. The molecular weight excluding hydrogens is 274 g/mol. The molecule has 1 amide bonds. The Morgan fingerprint density at radius 3 is 2.27 bits per heavy atom. The Balaban J connectivity index is 2.08. The summed E-state index contributed by atoms with van der Waals surface area (Å²) in [6.07, 6.45) is 1.77. The van der Waals surface area contributed by atoms with E-state index in [1.165, 1.54) is 12.1 Å². The third kappa shape index (κ3) is 2.83. The minimum Gasteiger partial charge on any atom is -0.508 e. The summed E-state index contributed by atoms with van der Waals surface area (Å²) in [4.78, 5) is 11.7.